The number of primary amides is 1. The second kappa shape index (κ2) is 7.28. The van der Waals surface area contributed by atoms with E-state index >= 15 is 0 Å². The zero-order valence-corrected chi connectivity index (χ0v) is 10.7. The minimum absolute atomic E-state index is 0.376. The van der Waals surface area contributed by atoms with Crippen LogP contribution in [0, 0.1) is 0 Å². The first-order chi connectivity index (χ1) is 7.92. The SMILES string of the molecule is C=C(/C=C(C)\C=C/C)/C(N)=C/C(=C\C)C(N)=O. The standard InChI is InChI=1S/C14H20N2O/c1-5-7-10(3)8-11(4)13(15)9-12(6-2)14(16)17/h5-9H,4,15H2,1-3H3,(H2,16,17)/b7-5-,10-8-,12-6+,13-9-. The molecule has 0 rings (SSSR count). The summed E-state index contributed by atoms with van der Waals surface area (Å²) < 4.78 is 0. The number of hydrogen-bond acceptors (Lipinski definition) is 2. The lowest BCUT2D eigenvalue weighted by Crippen LogP contribution is -2.14. The van der Waals surface area contributed by atoms with Crippen LogP contribution in [0.5, 0.6) is 0 Å². The van der Waals surface area contributed by atoms with Crippen molar-refractivity contribution >= 4 is 5.91 Å². The molecule has 3 nitrogen and oxygen atoms in total. The van der Waals surface area contributed by atoms with Gasteiger partial charge < -0.3 is 11.5 Å². The van der Waals surface area contributed by atoms with Gasteiger partial charge in [-0.1, -0.05) is 36.5 Å². The Morgan fingerprint density at radius 1 is 1.18 bits per heavy atom. The van der Waals surface area contributed by atoms with Crippen LogP contribution < -0.4 is 11.5 Å². The van der Waals surface area contributed by atoms with Crippen LogP contribution in [-0.2, 0) is 4.79 Å². The Hall–Kier alpha value is -2.03. The Morgan fingerprint density at radius 3 is 2.18 bits per heavy atom. The highest BCUT2D eigenvalue weighted by atomic mass is 16.1. The van der Waals surface area contributed by atoms with Gasteiger partial charge in [-0.25, -0.2) is 0 Å². The van der Waals surface area contributed by atoms with Crippen molar-refractivity contribution in [2.45, 2.75) is 20.8 Å². The van der Waals surface area contributed by atoms with Crippen LogP contribution in [0.1, 0.15) is 20.8 Å². The summed E-state index contributed by atoms with van der Waals surface area (Å²) in [6, 6.07) is 0. The van der Waals surface area contributed by atoms with E-state index in [2.05, 4.69) is 6.58 Å². The van der Waals surface area contributed by atoms with E-state index in [-0.39, 0.29) is 0 Å². The second-order valence-corrected chi connectivity index (χ2v) is 3.62. The van der Waals surface area contributed by atoms with Crippen molar-refractivity contribution in [3.8, 4) is 0 Å². The lowest BCUT2D eigenvalue weighted by atomic mass is 10.1. The molecule has 0 fully saturated rings. The van der Waals surface area contributed by atoms with E-state index in [4.69, 9.17) is 11.5 Å². The van der Waals surface area contributed by atoms with E-state index in [1.807, 2.05) is 32.1 Å². The van der Waals surface area contributed by atoms with Crippen molar-refractivity contribution < 1.29 is 4.79 Å². The third kappa shape index (κ3) is 5.56. The van der Waals surface area contributed by atoms with Gasteiger partial charge in [-0.3, -0.25) is 4.79 Å². The first-order valence-corrected chi connectivity index (χ1v) is 5.36. The summed E-state index contributed by atoms with van der Waals surface area (Å²) in [6.07, 6.45) is 8.87. The fourth-order valence-corrected chi connectivity index (χ4v) is 1.23. The number of nitrogens with two attached hydrogens (primary N) is 2. The molecule has 0 bridgehead atoms. The quantitative estimate of drug-likeness (QED) is 0.564. The Balaban J connectivity index is 5.01. The normalized spacial score (nSPS) is 14.2. The molecule has 17 heavy (non-hydrogen) atoms. The molecule has 0 heterocycles. The highest BCUT2D eigenvalue weighted by Gasteiger charge is 2.02. The molecule has 0 aromatic carbocycles. The maximum atomic E-state index is 11.0. The summed E-state index contributed by atoms with van der Waals surface area (Å²) in [7, 11) is 0. The number of rotatable bonds is 5. The van der Waals surface area contributed by atoms with E-state index in [0.717, 1.165) is 5.57 Å². The van der Waals surface area contributed by atoms with Crippen LogP contribution in [0.15, 0.2) is 59.4 Å². The Morgan fingerprint density at radius 2 is 1.76 bits per heavy atom. The third-order valence-electron chi connectivity index (χ3n) is 2.11. The zero-order chi connectivity index (χ0) is 13.4. The second-order valence-electron chi connectivity index (χ2n) is 3.62. The van der Waals surface area contributed by atoms with Gasteiger partial charge in [0, 0.05) is 11.3 Å². The first-order valence-electron chi connectivity index (χ1n) is 5.36. The van der Waals surface area contributed by atoms with Crippen LogP contribution in [0.2, 0.25) is 0 Å². The Bertz CT molecular complexity index is 424. The lowest BCUT2D eigenvalue weighted by Gasteiger charge is -2.03. The van der Waals surface area contributed by atoms with Crippen molar-refractivity contribution in [2.24, 2.45) is 11.5 Å². The van der Waals surface area contributed by atoms with Gasteiger partial charge in [0.05, 0.1) is 0 Å². The van der Waals surface area contributed by atoms with Crippen LogP contribution >= 0.6 is 0 Å². The average Bonchev–Trinajstić information content (AvgIpc) is 2.25. The van der Waals surface area contributed by atoms with Gasteiger partial charge in [0.2, 0.25) is 5.91 Å². The number of carbonyl (C=O) groups is 1. The zero-order valence-electron chi connectivity index (χ0n) is 10.7. The van der Waals surface area contributed by atoms with Gasteiger partial charge >= 0.3 is 0 Å². The molecule has 0 atom stereocenters. The fraction of sp³-hybridized carbons (Fsp3) is 0.214. The summed E-state index contributed by atoms with van der Waals surface area (Å²) in [5, 5.41) is 0. The molecular weight excluding hydrogens is 212 g/mol. The molecule has 0 aliphatic rings. The lowest BCUT2D eigenvalue weighted by molar-refractivity contribution is -0.114. The van der Waals surface area contributed by atoms with Crippen molar-refractivity contribution in [3.63, 3.8) is 0 Å². The summed E-state index contributed by atoms with van der Waals surface area (Å²) in [5.74, 6) is -0.502. The Labute approximate surface area is 103 Å². The van der Waals surface area contributed by atoms with Gasteiger partial charge in [-0.15, -0.1) is 0 Å². The number of amides is 1. The molecule has 0 aromatic rings. The highest BCUT2D eigenvalue weighted by molar-refractivity contribution is 5.95. The molecule has 0 aliphatic heterocycles. The maximum absolute atomic E-state index is 11.0. The predicted octanol–water partition coefficient (Wildman–Crippen LogP) is 2.34. The number of carbonyl (C=O) groups excluding carboxylic acids is 1. The molecule has 0 saturated carbocycles. The van der Waals surface area contributed by atoms with Crippen LogP contribution in [0.4, 0.5) is 0 Å². The molecule has 1 amide bonds. The van der Waals surface area contributed by atoms with Gasteiger partial charge in [0.25, 0.3) is 0 Å². The fourth-order valence-electron chi connectivity index (χ4n) is 1.23. The Kier molecular flexibility index (Phi) is 6.41. The van der Waals surface area contributed by atoms with Crippen LogP contribution in [-0.4, -0.2) is 5.91 Å². The van der Waals surface area contributed by atoms with Gasteiger partial charge in [-0.2, -0.15) is 0 Å². The van der Waals surface area contributed by atoms with E-state index in [0.29, 0.717) is 16.8 Å². The van der Waals surface area contributed by atoms with E-state index in [1.165, 1.54) is 6.08 Å². The largest absolute Gasteiger partial charge is 0.398 e. The summed E-state index contributed by atoms with van der Waals surface area (Å²) in [4.78, 5) is 11.0. The minimum atomic E-state index is -0.502. The van der Waals surface area contributed by atoms with Gasteiger partial charge in [0.15, 0.2) is 0 Å². The van der Waals surface area contributed by atoms with Crippen LogP contribution in [0.25, 0.3) is 0 Å². The van der Waals surface area contributed by atoms with Crippen molar-refractivity contribution in [3.05, 3.63) is 59.4 Å². The minimum Gasteiger partial charge on any atom is -0.398 e. The summed E-state index contributed by atoms with van der Waals surface area (Å²) in [5.41, 5.74) is 13.5. The monoisotopic (exact) mass is 232 g/mol. The number of allylic oxidation sites excluding steroid dienone is 5. The molecule has 4 N–H and O–H groups in total. The smallest absolute Gasteiger partial charge is 0.248 e. The first kappa shape index (κ1) is 15.0. The summed E-state index contributed by atoms with van der Waals surface area (Å²) in [6.45, 7) is 9.45. The number of hydrogen-bond donors (Lipinski definition) is 2. The van der Waals surface area contributed by atoms with Gasteiger partial charge in [0.1, 0.15) is 0 Å². The third-order valence-corrected chi connectivity index (χ3v) is 2.11. The van der Waals surface area contributed by atoms with E-state index in [9.17, 15) is 4.79 Å². The molecule has 0 radical (unpaired) electrons. The summed E-state index contributed by atoms with van der Waals surface area (Å²) >= 11 is 0. The highest BCUT2D eigenvalue weighted by Crippen LogP contribution is 2.10. The molecule has 3 heteroatoms. The van der Waals surface area contributed by atoms with Gasteiger partial charge in [-0.05, 0) is 32.4 Å². The van der Waals surface area contributed by atoms with Crippen molar-refractivity contribution in [1.29, 1.82) is 0 Å². The molecule has 0 spiro atoms. The molecule has 0 unspecified atom stereocenters. The molecule has 0 aromatic heterocycles. The molecule has 0 saturated heterocycles. The molecule has 0 aliphatic carbocycles. The van der Waals surface area contributed by atoms with Crippen molar-refractivity contribution in [1.82, 2.24) is 0 Å². The van der Waals surface area contributed by atoms with E-state index < -0.39 is 5.91 Å². The predicted molar refractivity (Wildman–Crippen MR) is 72.9 cm³/mol. The molecule has 92 valence electrons. The van der Waals surface area contributed by atoms with Crippen molar-refractivity contribution in [2.75, 3.05) is 0 Å². The maximum Gasteiger partial charge on any atom is 0.248 e. The molecular formula is C14H20N2O. The van der Waals surface area contributed by atoms with E-state index in [1.54, 1.807) is 13.0 Å². The topological polar surface area (TPSA) is 69.1 Å². The average molecular weight is 232 g/mol. The van der Waals surface area contributed by atoms with Crippen LogP contribution in [0.3, 0.4) is 0 Å².